The standard InChI is InChI=1S/C22H25N5OS/c1-26-9-11-27(12-10-26)20-7-3-2-5-17(20)15-24-21(28)13-19-16-29-22(25-19)18-6-4-8-23-14-18/h2-8,14,16H,9-13,15H2,1H3,(H,24,28). The quantitative estimate of drug-likeness (QED) is 0.681. The Morgan fingerprint density at radius 3 is 2.76 bits per heavy atom. The largest absolute Gasteiger partial charge is 0.369 e. The highest BCUT2D eigenvalue weighted by Gasteiger charge is 2.17. The van der Waals surface area contributed by atoms with E-state index >= 15 is 0 Å². The summed E-state index contributed by atoms with van der Waals surface area (Å²) < 4.78 is 0. The van der Waals surface area contributed by atoms with E-state index in [9.17, 15) is 4.79 Å². The van der Waals surface area contributed by atoms with Crippen LogP contribution in [0.15, 0.2) is 54.2 Å². The summed E-state index contributed by atoms with van der Waals surface area (Å²) in [5.74, 6) is -0.0128. The van der Waals surface area contributed by atoms with E-state index in [0.29, 0.717) is 6.54 Å². The van der Waals surface area contributed by atoms with E-state index in [4.69, 9.17) is 0 Å². The normalized spacial score (nSPS) is 14.7. The maximum atomic E-state index is 12.5. The van der Waals surface area contributed by atoms with Gasteiger partial charge < -0.3 is 15.1 Å². The number of hydrogen-bond donors (Lipinski definition) is 1. The number of aromatic nitrogens is 2. The van der Waals surface area contributed by atoms with Gasteiger partial charge in [0, 0.05) is 61.7 Å². The first kappa shape index (κ1) is 19.5. The molecule has 1 N–H and O–H groups in total. The molecular weight excluding hydrogens is 382 g/mol. The highest BCUT2D eigenvalue weighted by molar-refractivity contribution is 7.13. The van der Waals surface area contributed by atoms with E-state index in [1.54, 1.807) is 12.4 Å². The number of para-hydroxylation sites is 1. The number of likely N-dealkylation sites (N-methyl/N-ethyl adjacent to an activating group) is 1. The molecule has 6 nitrogen and oxygen atoms in total. The Hall–Kier alpha value is -2.77. The third-order valence-corrected chi connectivity index (χ3v) is 6.05. The number of piperazine rings is 1. The molecule has 0 unspecified atom stereocenters. The van der Waals surface area contributed by atoms with Gasteiger partial charge in [0.2, 0.25) is 5.91 Å². The van der Waals surface area contributed by atoms with Crippen LogP contribution in [0.3, 0.4) is 0 Å². The molecule has 0 bridgehead atoms. The first-order valence-electron chi connectivity index (χ1n) is 9.82. The number of nitrogens with zero attached hydrogens (tertiary/aromatic N) is 4. The van der Waals surface area contributed by atoms with Crippen LogP contribution in [0, 0.1) is 0 Å². The Balaban J connectivity index is 1.35. The van der Waals surface area contributed by atoms with Gasteiger partial charge in [-0.15, -0.1) is 11.3 Å². The molecule has 0 spiro atoms. The summed E-state index contributed by atoms with van der Waals surface area (Å²) in [6.45, 7) is 4.67. The SMILES string of the molecule is CN1CCN(c2ccccc2CNC(=O)Cc2csc(-c3cccnc3)n2)CC1. The summed E-state index contributed by atoms with van der Waals surface area (Å²) in [7, 11) is 2.15. The van der Waals surface area contributed by atoms with Crippen LogP contribution in [0.1, 0.15) is 11.3 Å². The fourth-order valence-corrected chi connectivity index (χ4v) is 4.26. The van der Waals surface area contributed by atoms with Crippen molar-refractivity contribution in [2.75, 3.05) is 38.1 Å². The molecule has 0 radical (unpaired) electrons. The fourth-order valence-electron chi connectivity index (χ4n) is 3.45. The number of carbonyl (C=O) groups excluding carboxylic acids is 1. The van der Waals surface area contributed by atoms with Gasteiger partial charge in [0.1, 0.15) is 5.01 Å². The van der Waals surface area contributed by atoms with Crippen LogP contribution in [0.4, 0.5) is 5.69 Å². The summed E-state index contributed by atoms with van der Waals surface area (Å²) in [5, 5.41) is 5.90. The number of carbonyl (C=O) groups is 1. The van der Waals surface area contributed by atoms with Crippen molar-refractivity contribution >= 4 is 22.9 Å². The molecule has 3 aromatic rings. The zero-order valence-electron chi connectivity index (χ0n) is 16.5. The molecule has 7 heteroatoms. The average Bonchev–Trinajstić information content (AvgIpc) is 3.22. The predicted molar refractivity (Wildman–Crippen MR) is 117 cm³/mol. The Kier molecular flexibility index (Phi) is 6.17. The Labute approximate surface area is 175 Å². The van der Waals surface area contributed by atoms with E-state index in [0.717, 1.165) is 48.0 Å². The van der Waals surface area contributed by atoms with Gasteiger partial charge in [0.15, 0.2) is 0 Å². The van der Waals surface area contributed by atoms with Gasteiger partial charge in [0.25, 0.3) is 0 Å². The molecule has 2 aromatic heterocycles. The van der Waals surface area contributed by atoms with Gasteiger partial charge in [-0.2, -0.15) is 0 Å². The van der Waals surface area contributed by atoms with E-state index in [1.807, 2.05) is 23.6 Å². The summed E-state index contributed by atoms with van der Waals surface area (Å²) in [5.41, 5.74) is 4.14. The first-order valence-corrected chi connectivity index (χ1v) is 10.7. The first-order chi connectivity index (χ1) is 14.2. The monoisotopic (exact) mass is 407 g/mol. The summed E-state index contributed by atoms with van der Waals surface area (Å²) in [6, 6.07) is 12.2. The summed E-state index contributed by atoms with van der Waals surface area (Å²) in [6.07, 6.45) is 3.82. The van der Waals surface area contributed by atoms with E-state index in [1.165, 1.54) is 17.0 Å². The summed E-state index contributed by atoms with van der Waals surface area (Å²) in [4.78, 5) is 25.9. The van der Waals surface area contributed by atoms with Crippen LogP contribution in [-0.2, 0) is 17.8 Å². The predicted octanol–water partition coefficient (Wildman–Crippen LogP) is 2.82. The van der Waals surface area contributed by atoms with Gasteiger partial charge in [-0.1, -0.05) is 18.2 Å². The van der Waals surface area contributed by atoms with Gasteiger partial charge in [-0.05, 0) is 30.8 Å². The van der Waals surface area contributed by atoms with E-state index in [-0.39, 0.29) is 12.3 Å². The molecule has 29 heavy (non-hydrogen) atoms. The smallest absolute Gasteiger partial charge is 0.226 e. The fraction of sp³-hybridized carbons (Fsp3) is 0.318. The minimum absolute atomic E-state index is 0.0128. The zero-order chi connectivity index (χ0) is 20.1. The maximum Gasteiger partial charge on any atom is 0.226 e. The Morgan fingerprint density at radius 2 is 1.97 bits per heavy atom. The molecule has 0 saturated carbocycles. The van der Waals surface area contributed by atoms with Gasteiger partial charge in [-0.3, -0.25) is 9.78 Å². The molecule has 1 fully saturated rings. The number of benzene rings is 1. The van der Waals surface area contributed by atoms with Crippen LogP contribution in [-0.4, -0.2) is 54.0 Å². The van der Waals surface area contributed by atoms with Gasteiger partial charge in [0.05, 0.1) is 12.1 Å². The van der Waals surface area contributed by atoms with Crippen LogP contribution in [0.25, 0.3) is 10.6 Å². The van der Waals surface area contributed by atoms with Crippen molar-refractivity contribution in [3.63, 3.8) is 0 Å². The van der Waals surface area contributed by atoms with Crippen LogP contribution < -0.4 is 10.2 Å². The van der Waals surface area contributed by atoms with Crippen molar-refractivity contribution in [3.05, 3.63) is 65.4 Å². The molecular formula is C22H25N5OS. The Morgan fingerprint density at radius 1 is 1.14 bits per heavy atom. The number of nitrogens with one attached hydrogen (secondary N) is 1. The molecule has 1 aliphatic heterocycles. The lowest BCUT2D eigenvalue weighted by atomic mass is 10.1. The molecule has 4 rings (SSSR count). The number of thiazole rings is 1. The molecule has 150 valence electrons. The van der Waals surface area contributed by atoms with Gasteiger partial charge >= 0.3 is 0 Å². The number of hydrogen-bond acceptors (Lipinski definition) is 6. The minimum Gasteiger partial charge on any atom is -0.369 e. The van der Waals surface area contributed by atoms with Crippen molar-refractivity contribution in [3.8, 4) is 10.6 Å². The third-order valence-electron chi connectivity index (χ3n) is 5.11. The van der Waals surface area contributed by atoms with Gasteiger partial charge in [-0.25, -0.2) is 4.98 Å². The molecule has 3 heterocycles. The highest BCUT2D eigenvalue weighted by Crippen LogP contribution is 2.23. The number of rotatable bonds is 6. The maximum absolute atomic E-state index is 12.5. The van der Waals surface area contributed by atoms with Crippen molar-refractivity contribution < 1.29 is 4.79 Å². The van der Waals surface area contributed by atoms with Crippen LogP contribution in [0.5, 0.6) is 0 Å². The average molecular weight is 408 g/mol. The van der Waals surface area contributed by atoms with E-state index < -0.39 is 0 Å². The highest BCUT2D eigenvalue weighted by atomic mass is 32.1. The molecule has 1 saturated heterocycles. The topological polar surface area (TPSA) is 61.4 Å². The lowest BCUT2D eigenvalue weighted by Crippen LogP contribution is -2.45. The number of anilines is 1. The second-order valence-electron chi connectivity index (χ2n) is 7.26. The second-order valence-corrected chi connectivity index (χ2v) is 8.12. The third kappa shape index (κ3) is 4.99. The van der Waals surface area contributed by atoms with E-state index in [2.05, 4.69) is 50.3 Å². The second kappa shape index (κ2) is 9.15. The van der Waals surface area contributed by atoms with Crippen LogP contribution in [0.2, 0.25) is 0 Å². The zero-order valence-corrected chi connectivity index (χ0v) is 17.4. The van der Waals surface area contributed by atoms with Crippen molar-refractivity contribution in [2.24, 2.45) is 0 Å². The minimum atomic E-state index is -0.0128. The van der Waals surface area contributed by atoms with Crippen molar-refractivity contribution in [1.29, 1.82) is 0 Å². The lowest BCUT2D eigenvalue weighted by molar-refractivity contribution is -0.120. The number of pyridine rings is 1. The molecule has 0 aliphatic carbocycles. The number of amides is 1. The summed E-state index contributed by atoms with van der Waals surface area (Å²) >= 11 is 1.54. The molecule has 1 aliphatic rings. The van der Waals surface area contributed by atoms with Crippen molar-refractivity contribution in [1.82, 2.24) is 20.2 Å². The molecule has 1 amide bonds. The Bertz CT molecular complexity index is 951. The lowest BCUT2D eigenvalue weighted by Gasteiger charge is -2.35. The van der Waals surface area contributed by atoms with Crippen molar-refractivity contribution in [2.45, 2.75) is 13.0 Å². The molecule has 0 atom stereocenters. The molecule has 1 aromatic carbocycles. The van der Waals surface area contributed by atoms with Crippen LogP contribution >= 0.6 is 11.3 Å².